The van der Waals surface area contributed by atoms with Crippen LogP contribution in [0.4, 0.5) is 0 Å². The van der Waals surface area contributed by atoms with Crippen molar-refractivity contribution >= 4 is 28.3 Å². The molecule has 0 aliphatic carbocycles. The van der Waals surface area contributed by atoms with Gasteiger partial charge in [-0.25, -0.2) is 0 Å². The Kier molecular flexibility index (Phi) is 17.2. The molecule has 4 rings (SSSR count). The molecule has 12 nitrogen and oxygen atoms in total. The van der Waals surface area contributed by atoms with Crippen molar-refractivity contribution in [1.29, 1.82) is 0 Å². The number of nitrogens with one attached hydrogen (secondary N) is 2. The summed E-state index contributed by atoms with van der Waals surface area (Å²) in [4.78, 5) is 28.0. The van der Waals surface area contributed by atoms with Crippen LogP contribution in [-0.2, 0) is 19.1 Å². The molecule has 44 heavy (non-hydrogen) atoms. The molecule has 1 atom stereocenters. The summed E-state index contributed by atoms with van der Waals surface area (Å²) in [5, 5.41) is 14.2. The molecule has 0 aliphatic rings. The van der Waals surface area contributed by atoms with Crippen molar-refractivity contribution in [3.63, 3.8) is 0 Å². The second kappa shape index (κ2) is 21.2. The Hall–Kier alpha value is -4.55. The summed E-state index contributed by atoms with van der Waals surface area (Å²) in [6.07, 6.45) is 1.03. The summed E-state index contributed by atoms with van der Waals surface area (Å²) < 4.78 is 27.0. The summed E-state index contributed by atoms with van der Waals surface area (Å²) in [5.74, 6) is 2.13. The standard InChI is InChI=1S/C25H26N2O5.C5H11NO4.C2H6/c1-29-22-10-4-5-11-23(22)30-14-13-26-15-18(32-17-28)16-31-24-12-6-9-21-25(24)19-7-2-3-8-20(19)27-21;1-9-4-2-3-5-10-6(7)8;1-2/h2-12,17-18,26-27H,13-16H2,1H3;2-5H2,1H3;1-2H3. The van der Waals surface area contributed by atoms with Crippen LogP contribution in [0.25, 0.3) is 21.8 Å². The smallest absolute Gasteiger partial charge is 0.294 e. The Morgan fingerprint density at radius 3 is 2.27 bits per heavy atom. The van der Waals surface area contributed by atoms with Gasteiger partial charge >= 0.3 is 0 Å². The fraction of sp³-hybridized carbons (Fsp3) is 0.406. The van der Waals surface area contributed by atoms with Crippen molar-refractivity contribution in [2.45, 2.75) is 32.8 Å². The Labute approximate surface area is 257 Å². The number of benzene rings is 3. The highest BCUT2D eigenvalue weighted by molar-refractivity contribution is 6.10. The van der Waals surface area contributed by atoms with Crippen LogP contribution in [0.3, 0.4) is 0 Å². The molecule has 0 radical (unpaired) electrons. The van der Waals surface area contributed by atoms with E-state index in [1.165, 1.54) is 0 Å². The van der Waals surface area contributed by atoms with Gasteiger partial charge in [-0.15, -0.1) is 10.1 Å². The molecule has 0 saturated heterocycles. The van der Waals surface area contributed by atoms with Crippen LogP contribution in [0.2, 0.25) is 0 Å². The molecular weight excluding hydrogens is 570 g/mol. The van der Waals surface area contributed by atoms with Crippen LogP contribution < -0.4 is 19.5 Å². The quantitative estimate of drug-likeness (QED) is 0.0633. The van der Waals surface area contributed by atoms with Gasteiger partial charge in [0.25, 0.3) is 11.6 Å². The van der Waals surface area contributed by atoms with Crippen LogP contribution in [0.5, 0.6) is 17.2 Å². The minimum Gasteiger partial charge on any atom is -0.493 e. The van der Waals surface area contributed by atoms with Crippen LogP contribution in [0, 0.1) is 10.1 Å². The van der Waals surface area contributed by atoms with E-state index in [1.807, 2.05) is 74.5 Å². The number of carbonyl (C=O) groups is 1. The summed E-state index contributed by atoms with van der Waals surface area (Å²) in [6.45, 7) is 6.94. The topological polar surface area (TPSA) is 143 Å². The third kappa shape index (κ3) is 12.0. The Morgan fingerprint density at radius 2 is 1.55 bits per heavy atom. The van der Waals surface area contributed by atoms with Crippen molar-refractivity contribution in [2.75, 3.05) is 53.7 Å². The third-order valence-corrected chi connectivity index (χ3v) is 6.08. The molecule has 0 fully saturated rings. The molecule has 3 aromatic carbocycles. The largest absolute Gasteiger partial charge is 0.493 e. The van der Waals surface area contributed by atoms with E-state index < -0.39 is 11.2 Å². The zero-order chi connectivity index (χ0) is 32.0. The summed E-state index contributed by atoms with van der Waals surface area (Å²) in [6, 6.07) is 21.5. The number of para-hydroxylation sites is 3. The molecular formula is C32H43N3O9. The van der Waals surface area contributed by atoms with Crippen LogP contribution in [0.1, 0.15) is 26.7 Å². The number of hydrogen-bond acceptors (Lipinski definition) is 10. The second-order valence-corrected chi connectivity index (χ2v) is 8.97. The van der Waals surface area contributed by atoms with E-state index in [-0.39, 0.29) is 13.2 Å². The van der Waals surface area contributed by atoms with E-state index in [9.17, 15) is 14.9 Å². The normalized spacial score (nSPS) is 10.9. The number of H-pyrrole nitrogens is 1. The SMILES string of the molecule is CC.COCCCCO[N+](=O)[O-].COc1ccccc1OCCNCC(COc1cccc2[nH]c3ccccc3c12)OC=O. The number of unbranched alkanes of at least 4 members (excludes halogenated alkanes) is 1. The average Bonchev–Trinajstić information content (AvgIpc) is 3.44. The number of aromatic amines is 1. The predicted octanol–water partition coefficient (Wildman–Crippen LogP) is 5.57. The fourth-order valence-corrected chi connectivity index (χ4v) is 4.12. The molecule has 0 aliphatic heterocycles. The van der Waals surface area contributed by atoms with E-state index in [0.717, 1.165) is 34.0 Å². The molecule has 0 bridgehead atoms. The first kappa shape index (κ1) is 35.6. The summed E-state index contributed by atoms with van der Waals surface area (Å²) >= 11 is 0. The van der Waals surface area contributed by atoms with Gasteiger partial charge in [0.15, 0.2) is 11.5 Å². The van der Waals surface area contributed by atoms with Crippen LogP contribution >= 0.6 is 0 Å². The van der Waals surface area contributed by atoms with Crippen molar-refractivity contribution in [1.82, 2.24) is 10.3 Å². The maximum Gasteiger partial charge on any atom is 0.294 e. The number of methoxy groups -OCH3 is 2. The minimum absolute atomic E-state index is 0.163. The number of hydrogen-bond donors (Lipinski definition) is 2. The van der Waals surface area contributed by atoms with E-state index in [2.05, 4.69) is 21.2 Å². The molecule has 0 amide bonds. The Balaban J connectivity index is 0.000000481. The molecule has 1 aromatic heterocycles. The summed E-state index contributed by atoms with van der Waals surface area (Å²) in [7, 11) is 3.20. The van der Waals surface area contributed by atoms with Gasteiger partial charge in [0.05, 0.1) is 19.2 Å². The second-order valence-electron chi connectivity index (χ2n) is 8.97. The third-order valence-electron chi connectivity index (χ3n) is 6.08. The van der Waals surface area contributed by atoms with Gasteiger partial charge in [-0.05, 0) is 43.2 Å². The molecule has 1 unspecified atom stereocenters. The predicted molar refractivity (Wildman–Crippen MR) is 169 cm³/mol. The minimum atomic E-state index is -0.785. The molecule has 1 heterocycles. The first-order valence-electron chi connectivity index (χ1n) is 14.5. The van der Waals surface area contributed by atoms with Gasteiger partial charge < -0.3 is 38.8 Å². The number of fused-ring (bicyclic) bond motifs is 3. The highest BCUT2D eigenvalue weighted by atomic mass is 16.9. The van der Waals surface area contributed by atoms with Gasteiger partial charge in [-0.3, -0.25) is 4.79 Å². The number of nitrogens with zero attached hydrogens (tertiary/aromatic N) is 1. The Bertz CT molecular complexity index is 1380. The summed E-state index contributed by atoms with van der Waals surface area (Å²) in [5.41, 5.74) is 2.05. The molecule has 0 spiro atoms. The molecule has 12 heteroatoms. The van der Waals surface area contributed by atoms with E-state index >= 15 is 0 Å². The molecule has 2 N–H and O–H groups in total. The zero-order valence-electron chi connectivity index (χ0n) is 25.8. The molecule has 4 aromatic rings. The van der Waals surface area contributed by atoms with E-state index in [1.54, 1.807) is 14.2 Å². The van der Waals surface area contributed by atoms with Gasteiger partial charge in [-0.2, -0.15) is 0 Å². The van der Waals surface area contributed by atoms with E-state index in [0.29, 0.717) is 50.7 Å². The van der Waals surface area contributed by atoms with Crippen molar-refractivity contribution < 1.29 is 38.4 Å². The van der Waals surface area contributed by atoms with Crippen molar-refractivity contribution in [2.24, 2.45) is 0 Å². The van der Waals surface area contributed by atoms with Crippen molar-refractivity contribution in [3.05, 3.63) is 76.8 Å². The van der Waals surface area contributed by atoms with E-state index in [4.69, 9.17) is 23.7 Å². The van der Waals surface area contributed by atoms with Gasteiger partial charge in [-0.1, -0.05) is 50.2 Å². The maximum absolute atomic E-state index is 11.0. The monoisotopic (exact) mass is 613 g/mol. The van der Waals surface area contributed by atoms with Gasteiger partial charge in [0.2, 0.25) is 0 Å². The van der Waals surface area contributed by atoms with Crippen LogP contribution in [-0.4, -0.2) is 76.4 Å². The number of carbonyl (C=O) groups excluding carboxylic acids is 1. The fourth-order valence-electron chi connectivity index (χ4n) is 4.12. The lowest BCUT2D eigenvalue weighted by Gasteiger charge is -2.17. The number of aromatic nitrogens is 1. The van der Waals surface area contributed by atoms with Crippen LogP contribution in [0.15, 0.2) is 66.7 Å². The lowest BCUT2D eigenvalue weighted by Crippen LogP contribution is -2.35. The first-order valence-corrected chi connectivity index (χ1v) is 14.5. The lowest BCUT2D eigenvalue weighted by atomic mass is 10.1. The van der Waals surface area contributed by atoms with Crippen molar-refractivity contribution in [3.8, 4) is 17.2 Å². The van der Waals surface area contributed by atoms with Gasteiger partial charge in [0, 0.05) is 43.1 Å². The molecule has 240 valence electrons. The lowest BCUT2D eigenvalue weighted by molar-refractivity contribution is -0.757. The maximum atomic E-state index is 11.0. The highest BCUT2D eigenvalue weighted by Crippen LogP contribution is 2.33. The number of ether oxygens (including phenoxy) is 5. The average molecular weight is 614 g/mol. The zero-order valence-corrected chi connectivity index (χ0v) is 25.8. The highest BCUT2D eigenvalue weighted by Gasteiger charge is 2.14. The van der Waals surface area contributed by atoms with Gasteiger partial charge in [0.1, 0.15) is 25.1 Å². The number of rotatable bonds is 18. The molecule has 0 saturated carbocycles. The Morgan fingerprint density at radius 1 is 0.864 bits per heavy atom. The first-order chi connectivity index (χ1) is 21.6.